The van der Waals surface area contributed by atoms with E-state index in [0.29, 0.717) is 23.1 Å². The maximum absolute atomic E-state index is 10.7. The molecule has 21 heavy (non-hydrogen) atoms. The molecule has 0 aliphatic heterocycles. The molecule has 0 saturated heterocycles. The third-order valence-electron chi connectivity index (χ3n) is 4.18. The van der Waals surface area contributed by atoms with Gasteiger partial charge in [0, 0.05) is 12.6 Å². The minimum Gasteiger partial charge on any atom is -0.484 e. The van der Waals surface area contributed by atoms with Gasteiger partial charge in [0.2, 0.25) is 0 Å². The summed E-state index contributed by atoms with van der Waals surface area (Å²) in [5.41, 5.74) is 6.68. The maximum Gasteiger partial charge on any atom is 0.255 e. The highest BCUT2D eigenvalue weighted by atomic mass is 16.5. The van der Waals surface area contributed by atoms with Crippen LogP contribution in [0.5, 0.6) is 5.75 Å². The molecule has 0 aromatic heterocycles. The van der Waals surface area contributed by atoms with Crippen molar-refractivity contribution in [2.24, 2.45) is 17.1 Å². The summed E-state index contributed by atoms with van der Waals surface area (Å²) in [5, 5.41) is 3.65. The molecule has 0 heterocycles. The smallest absolute Gasteiger partial charge is 0.255 e. The zero-order chi connectivity index (χ0) is 15.5. The van der Waals surface area contributed by atoms with Crippen molar-refractivity contribution in [2.45, 2.75) is 46.2 Å². The third-order valence-corrected chi connectivity index (χ3v) is 4.18. The van der Waals surface area contributed by atoms with Crippen LogP contribution in [0.4, 0.5) is 0 Å². The molecule has 0 radical (unpaired) electrons. The molecule has 0 unspecified atom stereocenters. The van der Waals surface area contributed by atoms with Crippen molar-refractivity contribution in [1.29, 1.82) is 0 Å². The van der Waals surface area contributed by atoms with E-state index in [0.717, 1.165) is 12.1 Å². The second-order valence-corrected chi connectivity index (χ2v) is 6.94. The second-order valence-electron chi connectivity index (χ2n) is 6.94. The summed E-state index contributed by atoms with van der Waals surface area (Å²) >= 11 is 0. The first-order valence-corrected chi connectivity index (χ1v) is 7.59. The molecule has 116 valence electrons. The Morgan fingerprint density at radius 2 is 2.19 bits per heavy atom. The van der Waals surface area contributed by atoms with E-state index in [-0.39, 0.29) is 6.61 Å². The number of ether oxygens (including phenoxy) is 1. The van der Waals surface area contributed by atoms with E-state index in [4.69, 9.17) is 10.5 Å². The van der Waals surface area contributed by atoms with Gasteiger partial charge in [0.15, 0.2) is 6.61 Å². The molecule has 4 nitrogen and oxygen atoms in total. The zero-order valence-electron chi connectivity index (χ0n) is 13.2. The molecular formula is C17H26N2O2. The Bertz CT molecular complexity index is 499. The summed E-state index contributed by atoms with van der Waals surface area (Å²) < 4.78 is 5.33. The van der Waals surface area contributed by atoms with Crippen molar-refractivity contribution in [3.8, 4) is 5.75 Å². The summed E-state index contributed by atoms with van der Waals surface area (Å²) in [7, 11) is 0. The van der Waals surface area contributed by atoms with E-state index in [1.54, 1.807) is 0 Å². The minimum atomic E-state index is -0.458. The third kappa shape index (κ3) is 4.74. The Hall–Kier alpha value is -1.55. The SMILES string of the molecule is C[C@H]1CC(C)(C)C[C@H]1NCc1cccc(OCC(N)=O)c1. The van der Waals surface area contributed by atoms with Gasteiger partial charge in [-0.05, 0) is 41.9 Å². The van der Waals surface area contributed by atoms with Crippen molar-refractivity contribution in [3.63, 3.8) is 0 Å². The highest BCUT2D eigenvalue weighted by Crippen LogP contribution is 2.40. The van der Waals surface area contributed by atoms with Gasteiger partial charge < -0.3 is 15.8 Å². The van der Waals surface area contributed by atoms with E-state index in [2.05, 4.69) is 32.2 Å². The number of benzene rings is 1. The van der Waals surface area contributed by atoms with E-state index < -0.39 is 5.91 Å². The number of rotatable bonds is 6. The van der Waals surface area contributed by atoms with Crippen molar-refractivity contribution in [3.05, 3.63) is 29.8 Å². The Kier molecular flexibility index (Phi) is 4.88. The lowest BCUT2D eigenvalue weighted by Crippen LogP contribution is -2.31. The van der Waals surface area contributed by atoms with E-state index in [1.165, 1.54) is 12.8 Å². The Morgan fingerprint density at radius 3 is 2.81 bits per heavy atom. The first-order chi connectivity index (χ1) is 9.85. The molecule has 1 saturated carbocycles. The van der Waals surface area contributed by atoms with Gasteiger partial charge >= 0.3 is 0 Å². The zero-order valence-corrected chi connectivity index (χ0v) is 13.2. The second kappa shape index (κ2) is 6.48. The average Bonchev–Trinajstić information content (AvgIpc) is 2.67. The molecule has 0 spiro atoms. The fraction of sp³-hybridized carbons (Fsp3) is 0.588. The first-order valence-electron chi connectivity index (χ1n) is 7.59. The normalized spacial score (nSPS) is 24.0. The van der Waals surface area contributed by atoms with Gasteiger partial charge in [-0.3, -0.25) is 4.79 Å². The fourth-order valence-corrected chi connectivity index (χ4v) is 3.32. The van der Waals surface area contributed by atoms with Crippen LogP contribution >= 0.6 is 0 Å². The van der Waals surface area contributed by atoms with Crippen LogP contribution in [0.25, 0.3) is 0 Å². The van der Waals surface area contributed by atoms with Crippen LogP contribution in [0.2, 0.25) is 0 Å². The number of amides is 1. The molecule has 1 aromatic rings. The van der Waals surface area contributed by atoms with Gasteiger partial charge in [0.05, 0.1) is 0 Å². The monoisotopic (exact) mass is 290 g/mol. The number of carbonyl (C=O) groups excluding carboxylic acids is 1. The topological polar surface area (TPSA) is 64.3 Å². The summed E-state index contributed by atoms with van der Waals surface area (Å²) in [6, 6.07) is 8.37. The molecule has 1 aromatic carbocycles. The van der Waals surface area contributed by atoms with E-state index in [9.17, 15) is 4.79 Å². The van der Waals surface area contributed by atoms with Gasteiger partial charge in [-0.1, -0.05) is 32.9 Å². The molecule has 1 aliphatic carbocycles. The van der Waals surface area contributed by atoms with Crippen LogP contribution in [-0.4, -0.2) is 18.6 Å². The average molecular weight is 290 g/mol. The van der Waals surface area contributed by atoms with E-state index >= 15 is 0 Å². The number of nitrogens with two attached hydrogens (primary N) is 1. The van der Waals surface area contributed by atoms with Crippen LogP contribution in [0.1, 0.15) is 39.2 Å². The Morgan fingerprint density at radius 1 is 1.43 bits per heavy atom. The van der Waals surface area contributed by atoms with Gasteiger partial charge in [0.25, 0.3) is 5.91 Å². The van der Waals surface area contributed by atoms with Crippen LogP contribution in [0, 0.1) is 11.3 Å². The summed E-state index contributed by atoms with van der Waals surface area (Å²) in [6.07, 6.45) is 2.48. The van der Waals surface area contributed by atoms with Crippen LogP contribution in [0.3, 0.4) is 0 Å². The molecule has 0 bridgehead atoms. The molecule has 1 fully saturated rings. The molecule has 1 amide bonds. The van der Waals surface area contributed by atoms with Gasteiger partial charge in [-0.15, -0.1) is 0 Å². The first kappa shape index (κ1) is 15.8. The van der Waals surface area contributed by atoms with Crippen LogP contribution in [-0.2, 0) is 11.3 Å². The van der Waals surface area contributed by atoms with Crippen molar-refractivity contribution in [1.82, 2.24) is 5.32 Å². The molecule has 3 N–H and O–H groups in total. The standard InChI is InChI=1S/C17H26N2O2/c1-12-8-17(2,3)9-15(12)19-10-13-5-4-6-14(7-13)21-11-16(18)20/h4-7,12,15,19H,8-11H2,1-3H3,(H2,18,20)/t12-,15+/m0/s1. The molecular weight excluding hydrogens is 264 g/mol. The molecule has 2 atom stereocenters. The summed E-state index contributed by atoms with van der Waals surface area (Å²) in [6.45, 7) is 7.73. The Labute approximate surface area is 127 Å². The highest BCUT2D eigenvalue weighted by Gasteiger charge is 2.36. The van der Waals surface area contributed by atoms with Crippen molar-refractivity contribution >= 4 is 5.91 Å². The number of primary amides is 1. The summed E-state index contributed by atoms with van der Waals surface area (Å²) in [5.74, 6) is 0.933. The lowest BCUT2D eigenvalue weighted by molar-refractivity contribution is -0.119. The molecule has 2 rings (SSSR count). The lowest BCUT2D eigenvalue weighted by atomic mass is 9.91. The van der Waals surface area contributed by atoms with Gasteiger partial charge in [-0.2, -0.15) is 0 Å². The maximum atomic E-state index is 10.7. The number of nitrogens with one attached hydrogen (secondary N) is 1. The highest BCUT2D eigenvalue weighted by molar-refractivity contribution is 5.75. The van der Waals surface area contributed by atoms with Crippen molar-refractivity contribution < 1.29 is 9.53 Å². The predicted octanol–water partition coefficient (Wildman–Crippen LogP) is 2.46. The molecule has 1 aliphatic rings. The van der Waals surface area contributed by atoms with E-state index in [1.807, 2.05) is 18.2 Å². The lowest BCUT2D eigenvalue weighted by Gasteiger charge is -2.19. The summed E-state index contributed by atoms with van der Waals surface area (Å²) in [4.78, 5) is 10.7. The van der Waals surface area contributed by atoms with Crippen LogP contribution < -0.4 is 15.8 Å². The fourth-order valence-electron chi connectivity index (χ4n) is 3.32. The number of hydrogen-bond donors (Lipinski definition) is 2. The Balaban J connectivity index is 1.88. The van der Waals surface area contributed by atoms with Gasteiger partial charge in [0.1, 0.15) is 5.75 Å². The number of carbonyl (C=O) groups is 1. The predicted molar refractivity (Wildman–Crippen MR) is 83.9 cm³/mol. The van der Waals surface area contributed by atoms with Crippen LogP contribution in [0.15, 0.2) is 24.3 Å². The minimum absolute atomic E-state index is 0.0786. The largest absolute Gasteiger partial charge is 0.484 e. The number of hydrogen-bond acceptors (Lipinski definition) is 3. The van der Waals surface area contributed by atoms with Gasteiger partial charge in [-0.25, -0.2) is 0 Å². The molecule has 4 heteroatoms. The van der Waals surface area contributed by atoms with Crippen molar-refractivity contribution in [2.75, 3.05) is 6.61 Å². The quantitative estimate of drug-likeness (QED) is 0.846.